The maximum atomic E-state index is 8.42. The number of aliphatic hydroxyl groups is 1. The lowest BCUT2D eigenvalue weighted by Crippen LogP contribution is -1.87. The Morgan fingerprint density at radius 3 is 3.00 bits per heavy atom. The zero-order valence-electron chi connectivity index (χ0n) is 5.24. The van der Waals surface area contributed by atoms with Crippen molar-refractivity contribution in [2.45, 2.75) is 5.16 Å². The van der Waals surface area contributed by atoms with Crippen molar-refractivity contribution in [3.05, 3.63) is 0 Å². The summed E-state index contributed by atoms with van der Waals surface area (Å²) in [6.07, 6.45) is 0. The maximum absolute atomic E-state index is 8.42. The Balaban J connectivity index is 2.42. The number of nitrogens with two attached hydrogens (primary N) is 1. The maximum Gasteiger partial charge on any atom is 0.216 e. The van der Waals surface area contributed by atoms with Crippen LogP contribution in [0.1, 0.15) is 0 Å². The number of thioether (sulfide) groups is 1. The molecule has 1 aromatic rings. The van der Waals surface area contributed by atoms with Gasteiger partial charge in [-0.25, -0.2) is 5.10 Å². The molecular weight excluding hydrogens is 152 g/mol. The van der Waals surface area contributed by atoms with Crippen molar-refractivity contribution >= 4 is 17.7 Å². The fourth-order valence-electron chi connectivity index (χ4n) is 0.460. The van der Waals surface area contributed by atoms with Crippen molar-refractivity contribution in [2.75, 3.05) is 18.1 Å². The largest absolute Gasteiger partial charge is 0.396 e. The molecule has 0 bridgehead atoms. The zero-order chi connectivity index (χ0) is 7.40. The second-order valence-corrected chi connectivity index (χ2v) is 2.64. The number of aromatic nitrogens is 3. The molecule has 6 heteroatoms. The first-order chi connectivity index (χ1) is 4.83. The lowest BCUT2D eigenvalue weighted by atomic mass is 10.9. The molecule has 0 aliphatic heterocycles. The van der Waals surface area contributed by atoms with E-state index < -0.39 is 0 Å². The number of hydrogen-bond acceptors (Lipinski definition) is 5. The van der Waals surface area contributed by atoms with Gasteiger partial charge >= 0.3 is 0 Å². The SMILES string of the molecule is Nc1nc(SCCO)n[nH]1. The third-order valence-electron chi connectivity index (χ3n) is 0.805. The molecule has 1 heterocycles. The number of nitrogens with zero attached hydrogens (tertiary/aromatic N) is 2. The molecule has 0 aliphatic rings. The highest BCUT2D eigenvalue weighted by Gasteiger charge is 1.98. The van der Waals surface area contributed by atoms with Gasteiger partial charge in [0.1, 0.15) is 0 Å². The summed E-state index contributed by atoms with van der Waals surface area (Å²) in [5, 5.41) is 15.2. The molecule has 4 N–H and O–H groups in total. The number of hydrogen-bond donors (Lipinski definition) is 3. The smallest absolute Gasteiger partial charge is 0.216 e. The Labute approximate surface area is 62.0 Å². The van der Waals surface area contributed by atoms with Gasteiger partial charge in [-0.1, -0.05) is 11.8 Å². The van der Waals surface area contributed by atoms with Crippen LogP contribution in [0.3, 0.4) is 0 Å². The van der Waals surface area contributed by atoms with Crippen molar-refractivity contribution in [2.24, 2.45) is 0 Å². The van der Waals surface area contributed by atoms with Crippen LogP contribution in [0.2, 0.25) is 0 Å². The minimum absolute atomic E-state index is 0.124. The average Bonchev–Trinajstić information content (AvgIpc) is 2.31. The third-order valence-corrected chi connectivity index (χ3v) is 1.63. The zero-order valence-corrected chi connectivity index (χ0v) is 6.06. The van der Waals surface area contributed by atoms with Crippen LogP contribution >= 0.6 is 11.8 Å². The molecule has 0 aliphatic carbocycles. The molecule has 5 nitrogen and oxygen atoms in total. The number of aliphatic hydroxyl groups excluding tert-OH is 1. The quantitative estimate of drug-likeness (QED) is 0.517. The summed E-state index contributed by atoms with van der Waals surface area (Å²) in [5.41, 5.74) is 5.25. The topological polar surface area (TPSA) is 87.8 Å². The van der Waals surface area contributed by atoms with Crippen molar-refractivity contribution in [3.63, 3.8) is 0 Å². The van der Waals surface area contributed by atoms with Crippen LogP contribution in [0, 0.1) is 0 Å². The number of aromatic amines is 1. The van der Waals surface area contributed by atoms with Crippen LogP contribution in [0.25, 0.3) is 0 Å². The summed E-state index contributed by atoms with van der Waals surface area (Å²) in [6.45, 7) is 0.124. The van der Waals surface area contributed by atoms with E-state index in [9.17, 15) is 0 Å². The fourth-order valence-corrected chi connectivity index (χ4v) is 1.01. The van der Waals surface area contributed by atoms with E-state index in [0.29, 0.717) is 16.9 Å². The number of nitrogens with one attached hydrogen (secondary N) is 1. The molecule has 0 saturated carbocycles. The molecule has 0 radical (unpaired) electrons. The minimum Gasteiger partial charge on any atom is -0.396 e. The molecular formula is C4H8N4OS. The van der Waals surface area contributed by atoms with Gasteiger partial charge in [-0.05, 0) is 0 Å². The monoisotopic (exact) mass is 160 g/mol. The molecule has 0 fully saturated rings. The number of nitrogen functional groups attached to an aromatic ring is 1. The molecule has 0 amide bonds. The van der Waals surface area contributed by atoms with E-state index in [0.717, 1.165) is 0 Å². The predicted octanol–water partition coefficient (Wildman–Crippen LogP) is -0.529. The van der Waals surface area contributed by atoms with Crippen molar-refractivity contribution < 1.29 is 5.11 Å². The lowest BCUT2D eigenvalue weighted by Gasteiger charge is -1.87. The Kier molecular flexibility index (Phi) is 2.52. The van der Waals surface area contributed by atoms with Crippen LogP contribution < -0.4 is 5.73 Å². The van der Waals surface area contributed by atoms with E-state index in [4.69, 9.17) is 10.8 Å². The van der Waals surface area contributed by atoms with Gasteiger partial charge in [-0.15, -0.1) is 5.10 Å². The van der Waals surface area contributed by atoms with E-state index in [1.54, 1.807) is 0 Å². The van der Waals surface area contributed by atoms with Gasteiger partial charge < -0.3 is 10.8 Å². The summed E-state index contributed by atoms with van der Waals surface area (Å²) in [5.74, 6) is 0.900. The number of H-pyrrole nitrogens is 1. The molecule has 0 aromatic carbocycles. The van der Waals surface area contributed by atoms with E-state index in [-0.39, 0.29) is 6.61 Å². The molecule has 0 atom stereocenters. The summed E-state index contributed by atoms with van der Waals surface area (Å²) in [4.78, 5) is 3.81. The van der Waals surface area contributed by atoms with Crippen LogP contribution in [-0.4, -0.2) is 32.6 Å². The van der Waals surface area contributed by atoms with Gasteiger partial charge in [0, 0.05) is 5.75 Å². The Bertz CT molecular complexity index is 201. The van der Waals surface area contributed by atoms with Gasteiger partial charge in [0.05, 0.1) is 6.61 Å². The normalized spacial score (nSPS) is 10.1. The molecule has 1 aromatic heterocycles. The highest BCUT2D eigenvalue weighted by molar-refractivity contribution is 7.99. The van der Waals surface area contributed by atoms with Crippen LogP contribution in [0.4, 0.5) is 5.95 Å². The summed E-state index contributed by atoms with van der Waals surface area (Å²) < 4.78 is 0. The molecule has 0 saturated heterocycles. The van der Waals surface area contributed by atoms with E-state index in [1.807, 2.05) is 0 Å². The lowest BCUT2D eigenvalue weighted by molar-refractivity contribution is 0.322. The van der Waals surface area contributed by atoms with Gasteiger partial charge in [-0.3, -0.25) is 0 Å². The highest BCUT2D eigenvalue weighted by Crippen LogP contribution is 2.10. The second kappa shape index (κ2) is 3.43. The van der Waals surface area contributed by atoms with Crippen molar-refractivity contribution in [1.29, 1.82) is 0 Å². The molecule has 0 spiro atoms. The van der Waals surface area contributed by atoms with Gasteiger partial charge in [0.15, 0.2) is 0 Å². The highest BCUT2D eigenvalue weighted by atomic mass is 32.2. The standard InChI is InChI=1S/C4H8N4OS/c5-3-6-4(8-7-3)10-2-1-9/h9H,1-2H2,(H3,5,6,7,8). The summed E-state index contributed by atoms with van der Waals surface area (Å²) >= 11 is 1.36. The van der Waals surface area contributed by atoms with Gasteiger partial charge in [0.2, 0.25) is 11.1 Å². The number of anilines is 1. The fraction of sp³-hybridized carbons (Fsp3) is 0.500. The molecule has 56 valence electrons. The average molecular weight is 160 g/mol. The van der Waals surface area contributed by atoms with Crippen LogP contribution in [0.5, 0.6) is 0 Å². The summed E-state index contributed by atoms with van der Waals surface area (Å²) in [6, 6.07) is 0. The summed E-state index contributed by atoms with van der Waals surface area (Å²) in [7, 11) is 0. The predicted molar refractivity (Wildman–Crippen MR) is 38.6 cm³/mol. The Hall–Kier alpha value is -0.750. The first kappa shape index (κ1) is 7.36. The van der Waals surface area contributed by atoms with Gasteiger partial charge in [-0.2, -0.15) is 4.98 Å². The first-order valence-corrected chi connectivity index (χ1v) is 3.73. The van der Waals surface area contributed by atoms with Crippen molar-refractivity contribution in [3.8, 4) is 0 Å². The Morgan fingerprint density at radius 1 is 1.70 bits per heavy atom. The van der Waals surface area contributed by atoms with Crippen molar-refractivity contribution in [1.82, 2.24) is 15.2 Å². The van der Waals surface area contributed by atoms with Crippen LogP contribution in [0.15, 0.2) is 5.16 Å². The molecule has 0 unspecified atom stereocenters. The van der Waals surface area contributed by atoms with E-state index in [2.05, 4.69) is 15.2 Å². The first-order valence-electron chi connectivity index (χ1n) is 2.74. The second-order valence-electron chi connectivity index (χ2n) is 1.58. The van der Waals surface area contributed by atoms with Gasteiger partial charge in [0.25, 0.3) is 0 Å². The molecule has 10 heavy (non-hydrogen) atoms. The number of rotatable bonds is 3. The van der Waals surface area contributed by atoms with Crippen LogP contribution in [-0.2, 0) is 0 Å². The molecule has 1 rings (SSSR count). The third kappa shape index (κ3) is 1.89. The Morgan fingerprint density at radius 2 is 2.50 bits per heavy atom. The van der Waals surface area contributed by atoms with E-state index >= 15 is 0 Å². The minimum atomic E-state index is 0.124. The van der Waals surface area contributed by atoms with E-state index in [1.165, 1.54) is 11.8 Å².